The number of aryl methyl sites for hydroxylation is 1. The van der Waals surface area contributed by atoms with Crippen molar-refractivity contribution in [2.75, 3.05) is 0 Å². The van der Waals surface area contributed by atoms with Crippen LogP contribution in [0, 0.1) is 12.7 Å². The van der Waals surface area contributed by atoms with Gasteiger partial charge in [-0.05, 0) is 72.8 Å². The molecule has 138 valence electrons. The second-order valence-electron chi connectivity index (χ2n) is 6.78. The van der Waals surface area contributed by atoms with Crippen LogP contribution in [0.2, 0.25) is 5.02 Å². The van der Waals surface area contributed by atoms with Gasteiger partial charge in [0.05, 0.1) is 12.0 Å². The van der Waals surface area contributed by atoms with Crippen molar-refractivity contribution in [3.05, 3.63) is 85.5 Å². The molecule has 3 aromatic rings. The fraction of sp³-hybridized carbons (Fsp3) is 0.250. The maximum Gasteiger partial charge on any atom is 0.358 e. The predicted molar refractivity (Wildman–Crippen MR) is 103 cm³/mol. The zero-order chi connectivity index (χ0) is 19.2. The number of aromatic nitrogens is 2. The Labute approximate surface area is 164 Å². The van der Waals surface area contributed by atoms with E-state index in [-0.39, 0.29) is 23.7 Å². The average molecular weight is 403 g/mol. The Morgan fingerprint density at radius 1 is 1.26 bits per heavy atom. The van der Waals surface area contributed by atoms with Gasteiger partial charge in [-0.2, -0.15) is 4.98 Å². The SMILES string of the molecule is Cc1cc(C(=O)Cc2nc(=O)n(C3(c4ccc(F)cc4)CC3)s2)ccc1Cl. The van der Waals surface area contributed by atoms with Crippen LogP contribution >= 0.6 is 23.1 Å². The number of rotatable bonds is 5. The minimum atomic E-state index is -0.458. The first-order valence-corrected chi connectivity index (χ1v) is 9.69. The van der Waals surface area contributed by atoms with Gasteiger partial charge in [-0.1, -0.05) is 23.7 Å². The summed E-state index contributed by atoms with van der Waals surface area (Å²) in [5.41, 5.74) is 1.44. The van der Waals surface area contributed by atoms with Crippen molar-refractivity contribution in [2.24, 2.45) is 0 Å². The van der Waals surface area contributed by atoms with Gasteiger partial charge in [0, 0.05) is 10.6 Å². The molecule has 0 unspecified atom stereocenters. The van der Waals surface area contributed by atoms with Crippen molar-refractivity contribution in [3.63, 3.8) is 0 Å². The molecule has 0 amide bonds. The number of nitrogens with zero attached hydrogens (tertiary/aromatic N) is 2. The minimum Gasteiger partial charge on any atom is -0.294 e. The van der Waals surface area contributed by atoms with Crippen LogP contribution < -0.4 is 5.69 Å². The molecule has 1 aromatic heterocycles. The van der Waals surface area contributed by atoms with E-state index in [2.05, 4.69) is 4.98 Å². The number of benzene rings is 2. The molecular weight excluding hydrogens is 387 g/mol. The van der Waals surface area contributed by atoms with E-state index < -0.39 is 5.54 Å². The van der Waals surface area contributed by atoms with E-state index in [1.54, 1.807) is 34.3 Å². The van der Waals surface area contributed by atoms with Gasteiger partial charge in [0.15, 0.2) is 5.78 Å². The van der Waals surface area contributed by atoms with E-state index in [1.807, 2.05) is 6.92 Å². The molecule has 0 aliphatic heterocycles. The summed E-state index contributed by atoms with van der Waals surface area (Å²) in [6.45, 7) is 1.84. The van der Waals surface area contributed by atoms with Crippen LogP contribution in [0.1, 0.15) is 39.3 Å². The van der Waals surface area contributed by atoms with Crippen LogP contribution in [0.5, 0.6) is 0 Å². The Morgan fingerprint density at radius 3 is 2.59 bits per heavy atom. The Hall–Kier alpha value is -2.31. The maximum atomic E-state index is 13.2. The third-order valence-corrected chi connectivity index (χ3v) is 6.44. The highest BCUT2D eigenvalue weighted by molar-refractivity contribution is 7.06. The lowest BCUT2D eigenvalue weighted by atomic mass is 10.1. The minimum absolute atomic E-state index is 0.0630. The molecule has 4 nitrogen and oxygen atoms in total. The summed E-state index contributed by atoms with van der Waals surface area (Å²) in [5, 5.41) is 1.08. The van der Waals surface area contributed by atoms with Crippen LogP contribution in [-0.4, -0.2) is 14.7 Å². The Bertz CT molecular complexity index is 1080. The fourth-order valence-electron chi connectivity index (χ4n) is 3.20. The molecule has 4 rings (SSSR count). The zero-order valence-electron chi connectivity index (χ0n) is 14.5. The summed E-state index contributed by atoms with van der Waals surface area (Å²) in [6.07, 6.45) is 1.66. The van der Waals surface area contributed by atoms with Gasteiger partial charge in [0.2, 0.25) is 0 Å². The third kappa shape index (κ3) is 3.35. The van der Waals surface area contributed by atoms with Gasteiger partial charge in [0.1, 0.15) is 10.8 Å². The molecule has 1 aliphatic carbocycles. The van der Waals surface area contributed by atoms with Crippen LogP contribution in [0.15, 0.2) is 47.3 Å². The topological polar surface area (TPSA) is 52.0 Å². The summed E-state index contributed by atoms with van der Waals surface area (Å²) in [4.78, 5) is 29.1. The number of ketones is 1. The smallest absolute Gasteiger partial charge is 0.294 e. The van der Waals surface area contributed by atoms with Crippen LogP contribution in [-0.2, 0) is 12.0 Å². The number of hydrogen-bond acceptors (Lipinski definition) is 4. The molecule has 1 fully saturated rings. The molecule has 0 spiro atoms. The molecule has 0 bridgehead atoms. The quantitative estimate of drug-likeness (QED) is 0.595. The highest BCUT2D eigenvalue weighted by atomic mass is 35.5. The third-order valence-electron chi connectivity index (χ3n) is 4.88. The van der Waals surface area contributed by atoms with E-state index in [4.69, 9.17) is 11.6 Å². The molecule has 2 aromatic carbocycles. The van der Waals surface area contributed by atoms with E-state index in [9.17, 15) is 14.0 Å². The second-order valence-corrected chi connectivity index (χ2v) is 8.20. The van der Waals surface area contributed by atoms with Gasteiger partial charge in [-0.3, -0.25) is 4.79 Å². The lowest BCUT2D eigenvalue weighted by Gasteiger charge is -2.15. The van der Waals surface area contributed by atoms with Crippen LogP contribution in [0.25, 0.3) is 0 Å². The lowest BCUT2D eigenvalue weighted by Crippen LogP contribution is -2.27. The summed E-state index contributed by atoms with van der Waals surface area (Å²) in [5.74, 6) is -0.418. The van der Waals surface area contributed by atoms with Gasteiger partial charge in [-0.15, -0.1) is 0 Å². The van der Waals surface area contributed by atoms with Crippen molar-refractivity contribution < 1.29 is 9.18 Å². The highest BCUT2D eigenvalue weighted by Gasteiger charge is 2.48. The largest absolute Gasteiger partial charge is 0.358 e. The molecule has 0 radical (unpaired) electrons. The Kier molecular flexibility index (Phi) is 4.48. The molecular formula is C20H16ClFN2O2S. The van der Waals surface area contributed by atoms with Crippen molar-refractivity contribution >= 4 is 28.9 Å². The summed E-state index contributed by atoms with van der Waals surface area (Å²) < 4.78 is 14.8. The van der Waals surface area contributed by atoms with Crippen LogP contribution in [0.3, 0.4) is 0 Å². The Morgan fingerprint density at radius 2 is 1.96 bits per heavy atom. The monoisotopic (exact) mass is 402 g/mol. The number of Topliss-reactive ketones (excluding diaryl/α,β-unsaturated/α-hetero) is 1. The van der Waals surface area contributed by atoms with Crippen molar-refractivity contribution in [1.82, 2.24) is 8.94 Å². The molecule has 0 saturated heterocycles. The zero-order valence-corrected chi connectivity index (χ0v) is 16.1. The number of carbonyl (C=O) groups excluding carboxylic acids is 1. The lowest BCUT2D eigenvalue weighted by molar-refractivity contribution is 0.0993. The normalized spacial score (nSPS) is 14.9. The van der Waals surface area contributed by atoms with Gasteiger partial charge >= 0.3 is 5.69 Å². The van der Waals surface area contributed by atoms with Gasteiger partial charge in [-0.25, -0.2) is 13.1 Å². The van der Waals surface area contributed by atoms with Crippen molar-refractivity contribution in [1.29, 1.82) is 0 Å². The van der Waals surface area contributed by atoms with Gasteiger partial charge < -0.3 is 0 Å². The van der Waals surface area contributed by atoms with E-state index in [1.165, 1.54) is 23.7 Å². The van der Waals surface area contributed by atoms with Crippen LogP contribution in [0.4, 0.5) is 4.39 Å². The van der Waals surface area contributed by atoms with E-state index in [0.717, 1.165) is 24.0 Å². The van der Waals surface area contributed by atoms with E-state index in [0.29, 0.717) is 15.6 Å². The fourth-order valence-corrected chi connectivity index (χ4v) is 4.43. The van der Waals surface area contributed by atoms with Crippen molar-refractivity contribution in [3.8, 4) is 0 Å². The predicted octanol–water partition coefficient (Wildman–Crippen LogP) is 4.37. The molecule has 27 heavy (non-hydrogen) atoms. The first-order chi connectivity index (χ1) is 12.9. The highest BCUT2D eigenvalue weighted by Crippen LogP contribution is 2.49. The first-order valence-electron chi connectivity index (χ1n) is 8.54. The molecule has 1 saturated carbocycles. The molecule has 0 atom stereocenters. The van der Waals surface area contributed by atoms with Crippen molar-refractivity contribution in [2.45, 2.75) is 31.7 Å². The number of carbonyl (C=O) groups is 1. The van der Waals surface area contributed by atoms with Gasteiger partial charge in [0.25, 0.3) is 0 Å². The second kappa shape index (κ2) is 6.69. The van der Waals surface area contributed by atoms with E-state index >= 15 is 0 Å². The Balaban J connectivity index is 1.60. The standard InChI is InChI=1S/C20H16ClFN2O2S/c1-12-10-13(2-7-16(12)21)17(25)11-18-23-19(26)24(27-18)20(8-9-20)14-3-5-15(22)6-4-14/h2-7,10H,8-9,11H2,1H3. The maximum absolute atomic E-state index is 13.2. The molecule has 1 heterocycles. The molecule has 1 aliphatic rings. The summed E-state index contributed by atoms with van der Waals surface area (Å²) >= 11 is 7.22. The summed E-state index contributed by atoms with van der Waals surface area (Å²) in [7, 11) is 0. The molecule has 0 N–H and O–H groups in total. The number of halogens is 2. The number of hydrogen-bond donors (Lipinski definition) is 0. The average Bonchev–Trinajstić information content (AvgIpc) is 3.36. The molecule has 7 heteroatoms. The summed E-state index contributed by atoms with van der Waals surface area (Å²) in [6, 6.07) is 11.3. The first kappa shape index (κ1) is 18.1.